The molecule has 0 aromatic carbocycles. The Balaban J connectivity index is 0.000000360. The van der Waals surface area contributed by atoms with Crippen LogP contribution in [0.15, 0.2) is 20.5 Å². The van der Waals surface area contributed by atoms with Crippen molar-refractivity contribution < 1.29 is 0 Å². The summed E-state index contributed by atoms with van der Waals surface area (Å²) in [7, 11) is 0. The third-order valence-corrected chi connectivity index (χ3v) is 6.80. The second-order valence-corrected chi connectivity index (χ2v) is 11.8. The van der Waals surface area contributed by atoms with E-state index in [2.05, 4.69) is 44.7 Å². The summed E-state index contributed by atoms with van der Waals surface area (Å²) < 4.78 is 0. The molecule has 0 bridgehead atoms. The summed E-state index contributed by atoms with van der Waals surface area (Å²) in [6.45, 7) is 11.7. The number of nitrogens with zero attached hydrogens (tertiary/aromatic N) is 8. The molecule has 2 fully saturated rings. The summed E-state index contributed by atoms with van der Waals surface area (Å²) >= 11 is 0. The van der Waals surface area contributed by atoms with Gasteiger partial charge in [-0.05, 0) is 89.9 Å². The van der Waals surface area contributed by atoms with Crippen molar-refractivity contribution in [1.29, 1.82) is 21.0 Å². The molecule has 8 heteroatoms. The van der Waals surface area contributed by atoms with Crippen LogP contribution >= 0.6 is 0 Å². The van der Waals surface area contributed by atoms with Crippen molar-refractivity contribution in [2.24, 2.45) is 32.3 Å². The largest absolute Gasteiger partial charge is 0.196 e. The number of hydrogen-bond donors (Lipinski definition) is 0. The quantitative estimate of drug-likeness (QED) is 0.316. The van der Waals surface area contributed by atoms with Crippen molar-refractivity contribution in [2.45, 2.75) is 141 Å². The smallest absolute Gasteiger partial charge is 0.167 e. The molecule has 0 aliphatic heterocycles. The summed E-state index contributed by atoms with van der Waals surface area (Å²) in [4.78, 5) is 0. The molecule has 0 radical (unpaired) electrons. The Hall–Kier alpha value is -2.84. The molecule has 0 amide bonds. The van der Waals surface area contributed by atoms with Gasteiger partial charge in [0.05, 0.1) is 24.3 Å². The lowest BCUT2D eigenvalue weighted by Crippen LogP contribution is -2.31. The Morgan fingerprint density at radius 1 is 0.611 bits per heavy atom. The van der Waals surface area contributed by atoms with Crippen LogP contribution in [-0.2, 0) is 0 Å². The molecule has 0 N–H and O–H groups in total. The van der Waals surface area contributed by atoms with Crippen LogP contribution < -0.4 is 0 Å². The van der Waals surface area contributed by atoms with Gasteiger partial charge in [0.15, 0.2) is 22.2 Å². The van der Waals surface area contributed by atoms with Crippen LogP contribution in [-0.4, -0.2) is 22.2 Å². The van der Waals surface area contributed by atoms with Crippen LogP contribution in [0.5, 0.6) is 0 Å². The van der Waals surface area contributed by atoms with Crippen LogP contribution in [0, 0.1) is 57.2 Å². The van der Waals surface area contributed by atoms with Gasteiger partial charge in [0.25, 0.3) is 0 Å². The topological polar surface area (TPSA) is 145 Å². The van der Waals surface area contributed by atoms with Gasteiger partial charge in [0, 0.05) is 0 Å². The zero-order chi connectivity index (χ0) is 27.3. The van der Waals surface area contributed by atoms with E-state index in [-0.39, 0.29) is 0 Å². The first kappa shape index (κ1) is 31.2. The minimum absolute atomic E-state index is 0.368. The molecule has 0 aromatic heterocycles. The Bertz CT molecular complexity index is 837. The highest BCUT2D eigenvalue weighted by atomic mass is 15.2. The molecule has 0 heterocycles. The highest BCUT2D eigenvalue weighted by Crippen LogP contribution is 2.36. The first-order valence-electron chi connectivity index (χ1n) is 13.4. The van der Waals surface area contributed by atoms with E-state index in [4.69, 9.17) is 0 Å². The maximum absolute atomic E-state index is 9.34. The van der Waals surface area contributed by atoms with E-state index in [1.165, 1.54) is 12.8 Å². The molecule has 0 spiro atoms. The summed E-state index contributed by atoms with van der Waals surface area (Å²) in [6, 6.07) is 9.04. The van der Waals surface area contributed by atoms with Crippen LogP contribution in [0.1, 0.15) is 119 Å². The highest BCUT2D eigenvalue weighted by Gasteiger charge is 2.36. The fourth-order valence-electron chi connectivity index (χ4n) is 4.96. The average Bonchev–Trinajstić information content (AvgIpc) is 2.87. The van der Waals surface area contributed by atoms with Crippen LogP contribution in [0.25, 0.3) is 0 Å². The van der Waals surface area contributed by atoms with Gasteiger partial charge in [-0.2, -0.15) is 41.5 Å². The normalized spacial score (nSPS) is 22.3. The zero-order valence-electron chi connectivity index (χ0n) is 23.2. The van der Waals surface area contributed by atoms with Gasteiger partial charge in [-0.15, -0.1) is 0 Å². The molecule has 2 aliphatic rings. The van der Waals surface area contributed by atoms with Crippen molar-refractivity contribution in [3.05, 3.63) is 0 Å². The SMILES string of the molecule is CC(C)CC(C)(C#N)/N=N/C(C)(C#N)CC(C)C.N#CC1(/N=N/C2(C#N)CCCCC2)CCCCC1. The van der Waals surface area contributed by atoms with Gasteiger partial charge in [0.2, 0.25) is 0 Å². The van der Waals surface area contributed by atoms with Gasteiger partial charge < -0.3 is 0 Å². The van der Waals surface area contributed by atoms with Gasteiger partial charge >= 0.3 is 0 Å². The Labute approximate surface area is 218 Å². The second-order valence-electron chi connectivity index (χ2n) is 11.8. The Kier molecular flexibility index (Phi) is 12.2. The van der Waals surface area contributed by atoms with Gasteiger partial charge in [-0.3, -0.25) is 0 Å². The Morgan fingerprint density at radius 2 is 0.917 bits per heavy atom. The van der Waals surface area contributed by atoms with Crippen LogP contribution in [0.4, 0.5) is 0 Å². The average molecular weight is 493 g/mol. The Morgan fingerprint density at radius 3 is 1.14 bits per heavy atom. The number of azo groups is 2. The fourth-order valence-corrected chi connectivity index (χ4v) is 4.96. The van der Waals surface area contributed by atoms with Crippen LogP contribution in [0.2, 0.25) is 0 Å². The first-order valence-corrected chi connectivity index (χ1v) is 13.4. The number of hydrogen-bond acceptors (Lipinski definition) is 8. The van der Waals surface area contributed by atoms with E-state index < -0.39 is 22.2 Å². The van der Waals surface area contributed by atoms with Gasteiger partial charge in [-0.25, -0.2) is 0 Å². The number of rotatable bonds is 8. The predicted molar refractivity (Wildman–Crippen MR) is 140 cm³/mol. The standard InChI is InChI=1S/C14H20N4.C14H24N4/c15-11-13(7-3-1-4-8-13)17-18-14(12-16)9-5-2-6-10-14;1-11(2)7-13(5,9-15)17-18-14(6,10-16)8-12(3)4/h1-10H2;11-12H,7-8H2,1-6H3/b2*18-17+. The molecule has 36 heavy (non-hydrogen) atoms. The minimum Gasteiger partial charge on any atom is -0.196 e. The zero-order valence-corrected chi connectivity index (χ0v) is 23.2. The lowest BCUT2D eigenvalue weighted by molar-refractivity contribution is 0.310. The van der Waals surface area contributed by atoms with Crippen molar-refractivity contribution in [1.82, 2.24) is 0 Å². The van der Waals surface area contributed by atoms with E-state index in [0.717, 1.165) is 51.4 Å². The van der Waals surface area contributed by atoms with E-state index in [9.17, 15) is 21.0 Å². The van der Waals surface area contributed by atoms with E-state index in [0.29, 0.717) is 24.7 Å². The molecule has 196 valence electrons. The first-order chi connectivity index (χ1) is 16.9. The molecule has 8 nitrogen and oxygen atoms in total. The van der Waals surface area contributed by atoms with Gasteiger partial charge in [-0.1, -0.05) is 40.5 Å². The molecular formula is C28H44N8. The summed E-state index contributed by atoms with van der Waals surface area (Å²) in [5.74, 6) is 0.735. The molecular weight excluding hydrogens is 448 g/mol. The molecule has 2 aliphatic carbocycles. The third kappa shape index (κ3) is 10.0. The summed E-state index contributed by atoms with van der Waals surface area (Å²) in [5.41, 5.74) is -2.94. The van der Waals surface area contributed by atoms with E-state index in [1.54, 1.807) is 13.8 Å². The van der Waals surface area contributed by atoms with E-state index >= 15 is 0 Å². The molecule has 2 unspecified atom stereocenters. The highest BCUT2D eigenvalue weighted by molar-refractivity contribution is 5.12. The molecule has 2 rings (SSSR count). The molecule has 2 saturated carbocycles. The van der Waals surface area contributed by atoms with Crippen molar-refractivity contribution in [3.63, 3.8) is 0 Å². The van der Waals surface area contributed by atoms with E-state index in [1.807, 2.05) is 27.7 Å². The second kappa shape index (κ2) is 14.0. The maximum Gasteiger partial charge on any atom is 0.167 e. The van der Waals surface area contributed by atoms with Crippen LogP contribution in [0.3, 0.4) is 0 Å². The van der Waals surface area contributed by atoms with Crippen molar-refractivity contribution in [3.8, 4) is 24.3 Å². The number of nitriles is 4. The monoisotopic (exact) mass is 492 g/mol. The van der Waals surface area contributed by atoms with Crippen molar-refractivity contribution in [2.75, 3.05) is 0 Å². The minimum atomic E-state index is -0.830. The maximum atomic E-state index is 9.34. The van der Waals surface area contributed by atoms with Gasteiger partial charge in [0.1, 0.15) is 0 Å². The molecule has 2 atom stereocenters. The van der Waals surface area contributed by atoms with Crippen molar-refractivity contribution >= 4 is 0 Å². The molecule has 0 aromatic rings. The summed E-state index contributed by atoms with van der Waals surface area (Å²) in [6.07, 6.45) is 11.1. The summed E-state index contributed by atoms with van der Waals surface area (Å²) in [5, 5.41) is 54.1. The lowest BCUT2D eigenvalue weighted by atomic mass is 9.82. The third-order valence-electron chi connectivity index (χ3n) is 6.80. The lowest BCUT2D eigenvalue weighted by Gasteiger charge is -2.29. The molecule has 0 saturated heterocycles. The fraction of sp³-hybridized carbons (Fsp3) is 0.857. The predicted octanol–water partition coefficient (Wildman–Crippen LogP) is 7.99.